The van der Waals surface area contributed by atoms with Gasteiger partial charge in [0.1, 0.15) is 0 Å². The first kappa shape index (κ1) is 18.1. The van der Waals surface area contributed by atoms with Gasteiger partial charge in [-0.15, -0.1) is 0 Å². The van der Waals surface area contributed by atoms with Crippen molar-refractivity contribution in [3.63, 3.8) is 0 Å². The molecule has 1 aliphatic heterocycles. The Morgan fingerprint density at radius 3 is 2.50 bits per heavy atom. The first-order valence-corrected chi connectivity index (χ1v) is 10.0. The van der Waals surface area contributed by atoms with Crippen LogP contribution in [0.25, 0.3) is 10.8 Å². The number of benzene rings is 3. The second-order valence-electron chi connectivity index (χ2n) is 6.48. The number of hydrogen-bond acceptors (Lipinski definition) is 4. The number of carboxylic acids is 1. The van der Waals surface area contributed by atoms with Crippen LogP contribution in [0.2, 0.25) is 0 Å². The molecule has 0 saturated heterocycles. The van der Waals surface area contributed by atoms with Crippen LogP contribution in [-0.4, -0.2) is 25.4 Å². The minimum absolute atomic E-state index is 0.00378. The summed E-state index contributed by atoms with van der Waals surface area (Å²) in [6.45, 7) is 0. The zero-order chi connectivity index (χ0) is 19.9. The Labute approximate surface area is 161 Å². The van der Waals surface area contributed by atoms with Gasteiger partial charge in [-0.1, -0.05) is 42.5 Å². The molecule has 0 spiro atoms. The maximum absolute atomic E-state index is 13.1. The second-order valence-corrected chi connectivity index (χ2v) is 8.16. The van der Waals surface area contributed by atoms with Crippen LogP contribution in [0.4, 0.5) is 5.69 Å². The van der Waals surface area contributed by atoms with Gasteiger partial charge in [-0.2, -0.15) is 0 Å². The van der Waals surface area contributed by atoms with Crippen molar-refractivity contribution in [1.29, 1.82) is 0 Å². The van der Waals surface area contributed by atoms with Crippen molar-refractivity contribution in [2.45, 2.75) is 17.4 Å². The number of aliphatic carboxylic acids is 1. The minimum Gasteiger partial charge on any atom is -0.481 e. The zero-order valence-corrected chi connectivity index (χ0v) is 15.4. The molecule has 8 heteroatoms. The van der Waals surface area contributed by atoms with Crippen molar-refractivity contribution in [1.82, 2.24) is 4.72 Å². The molecule has 1 atom stereocenters. The molecule has 142 valence electrons. The number of anilines is 1. The second kappa shape index (κ2) is 6.74. The summed E-state index contributed by atoms with van der Waals surface area (Å²) in [4.78, 5) is 23.3. The van der Waals surface area contributed by atoms with E-state index >= 15 is 0 Å². The fourth-order valence-corrected chi connectivity index (χ4v) is 4.86. The molecule has 3 aromatic carbocycles. The Morgan fingerprint density at radius 2 is 1.79 bits per heavy atom. The summed E-state index contributed by atoms with van der Waals surface area (Å²) < 4.78 is 28.8. The van der Waals surface area contributed by atoms with E-state index in [4.69, 9.17) is 0 Å². The molecule has 7 nitrogen and oxygen atoms in total. The van der Waals surface area contributed by atoms with Crippen LogP contribution >= 0.6 is 0 Å². The van der Waals surface area contributed by atoms with Crippen molar-refractivity contribution in [3.05, 3.63) is 71.8 Å². The SMILES string of the molecule is O=C(O)CC(NS(=O)(=O)c1ccc2c3c(cccc13)C(=O)N2)c1ccccc1. The molecule has 1 heterocycles. The van der Waals surface area contributed by atoms with Gasteiger partial charge in [-0.05, 0) is 23.8 Å². The predicted octanol–water partition coefficient (Wildman–Crippen LogP) is 2.90. The van der Waals surface area contributed by atoms with Gasteiger partial charge in [-0.25, -0.2) is 13.1 Å². The van der Waals surface area contributed by atoms with E-state index in [2.05, 4.69) is 10.0 Å². The van der Waals surface area contributed by atoms with Gasteiger partial charge in [-0.3, -0.25) is 9.59 Å². The smallest absolute Gasteiger partial charge is 0.305 e. The highest BCUT2D eigenvalue weighted by Crippen LogP contribution is 2.36. The maximum Gasteiger partial charge on any atom is 0.305 e. The molecule has 0 saturated carbocycles. The maximum atomic E-state index is 13.1. The molecule has 28 heavy (non-hydrogen) atoms. The molecule has 0 aliphatic carbocycles. The van der Waals surface area contributed by atoms with E-state index in [-0.39, 0.29) is 10.8 Å². The monoisotopic (exact) mass is 396 g/mol. The summed E-state index contributed by atoms with van der Waals surface area (Å²) in [7, 11) is -4.06. The number of sulfonamides is 1. The van der Waals surface area contributed by atoms with Crippen molar-refractivity contribution in [3.8, 4) is 0 Å². The third kappa shape index (κ3) is 3.12. The van der Waals surface area contributed by atoms with Crippen LogP contribution in [0.3, 0.4) is 0 Å². The topological polar surface area (TPSA) is 113 Å². The fraction of sp³-hybridized carbons (Fsp3) is 0.100. The first-order valence-electron chi connectivity index (χ1n) is 8.53. The van der Waals surface area contributed by atoms with E-state index < -0.39 is 28.5 Å². The highest BCUT2D eigenvalue weighted by molar-refractivity contribution is 7.89. The van der Waals surface area contributed by atoms with Crippen LogP contribution in [0, 0.1) is 0 Å². The van der Waals surface area contributed by atoms with E-state index in [0.29, 0.717) is 27.6 Å². The molecule has 1 unspecified atom stereocenters. The first-order chi connectivity index (χ1) is 13.4. The molecule has 0 aromatic heterocycles. The molecule has 1 amide bonds. The van der Waals surface area contributed by atoms with Crippen LogP contribution in [0.15, 0.2) is 65.6 Å². The molecule has 1 aliphatic rings. The molecular formula is C20H16N2O5S. The van der Waals surface area contributed by atoms with Gasteiger partial charge < -0.3 is 10.4 Å². The van der Waals surface area contributed by atoms with Crippen molar-refractivity contribution < 1.29 is 23.1 Å². The van der Waals surface area contributed by atoms with Crippen molar-refractivity contribution in [2.24, 2.45) is 0 Å². The molecule has 3 aromatic rings. The lowest BCUT2D eigenvalue weighted by atomic mass is 10.1. The Kier molecular flexibility index (Phi) is 4.37. The van der Waals surface area contributed by atoms with E-state index in [1.54, 1.807) is 54.6 Å². The Balaban J connectivity index is 1.79. The number of rotatable bonds is 6. The van der Waals surface area contributed by atoms with Gasteiger partial charge in [0, 0.05) is 22.0 Å². The van der Waals surface area contributed by atoms with Crippen molar-refractivity contribution >= 4 is 38.4 Å². The summed E-state index contributed by atoms with van der Waals surface area (Å²) >= 11 is 0. The van der Waals surface area contributed by atoms with E-state index in [9.17, 15) is 23.1 Å². The standard InChI is InChI=1S/C20H16N2O5S/c23-18(24)11-16(12-5-2-1-3-6-12)22-28(26,27)17-10-9-15-19-13(17)7-4-8-14(19)20(25)21-15/h1-10,16,22H,11H2,(H,21,25)(H,23,24). The number of nitrogens with one attached hydrogen (secondary N) is 2. The van der Waals surface area contributed by atoms with Crippen LogP contribution in [0.5, 0.6) is 0 Å². The van der Waals surface area contributed by atoms with Crippen LogP contribution in [-0.2, 0) is 14.8 Å². The number of carbonyl (C=O) groups excluding carboxylic acids is 1. The average molecular weight is 396 g/mol. The van der Waals surface area contributed by atoms with Gasteiger partial charge in [0.15, 0.2) is 0 Å². The van der Waals surface area contributed by atoms with E-state index in [0.717, 1.165) is 0 Å². The number of hydrogen-bond donors (Lipinski definition) is 3. The normalized spacial score (nSPS) is 14.1. The minimum atomic E-state index is -4.06. The Morgan fingerprint density at radius 1 is 1.04 bits per heavy atom. The summed E-state index contributed by atoms with van der Waals surface area (Å²) in [6.07, 6.45) is -0.398. The Hall–Kier alpha value is -3.23. The Bertz CT molecular complexity index is 1210. The highest BCUT2D eigenvalue weighted by atomic mass is 32.2. The van der Waals surface area contributed by atoms with Crippen LogP contribution in [0.1, 0.15) is 28.4 Å². The summed E-state index contributed by atoms with van der Waals surface area (Å²) in [5.74, 6) is -1.40. The molecule has 0 fully saturated rings. The summed E-state index contributed by atoms with van der Waals surface area (Å²) in [5, 5.41) is 12.9. The highest BCUT2D eigenvalue weighted by Gasteiger charge is 2.28. The lowest BCUT2D eigenvalue weighted by Gasteiger charge is -2.18. The number of carboxylic acid groups (broad SMARTS) is 1. The molecule has 0 bridgehead atoms. The number of carbonyl (C=O) groups is 2. The largest absolute Gasteiger partial charge is 0.481 e. The third-order valence-electron chi connectivity index (χ3n) is 4.66. The van der Waals surface area contributed by atoms with Gasteiger partial charge in [0.05, 0.1) is 17.4 Å². The van der Waals surface area contributed by atoms with E-state index in [1.807, 2.05) is 0 Å². The quantitative estimate of drug-likeness (QED) is 0.593. The summed E-state index contributed by atoms with van der Waals surface area (Å²) in [5.41, 5.74) is 1.52. The third-order valence-corrected chi connectivity index (χ3v) is 6.19. The van der Waals surface area contributed by atoms with Gasteiger partial charge in [0.2, 0.25) is 10.0 Å². The summed E-state index contributed by atoms with van der Waals surface area (Å²) in [6, 6.07) is 15.5. The lowest BCUT2D eigenvalue weighted by Crippen LogP contribution is -2.30. The molecular weight excluding hydrogens is 380 g/mol. The molecule has 3 N–H and O–H groups in total. The predicted molar refractivity (Wildman–Crippen MR) is 104 cm³/mol. The average Bonchev–Trinajstić information content (AvgIpc) is 2.99. The van der Waals surface area contributed by atoms with E-state index in [1.165, 1.54) is 6.07 Å². The number of amides is 1. The van der Waals surface area contributed by atoms with Crippen LogP contribution < -0.4 is 10.0 Å². The lowest BCUT2D eigenvalue weighted by molar-refractivity contribution is -0.137. The molecule has 0 radical (unpaired) electrons. The fourth-order valence-electron chi connectivity index (χ4n) is 3.44. The van der Waals surface area contributed by atoms with Gasteiger partial charge >= 0.3 is 5.97 Å². The van der Waals surface area contributed by atoms with Crippen molar-refractivity contribution in [2.75, 3.05) is 5.32 Å². The van der Waals surface area contributed by atoms with Gasteiger partial charge in [0.25, 0.3) is 5.91 Å². The zero-order valence-electron chi connectivity index (χ0n) is 14.5. The molecule has 4 rings (SSSR count).